The lowest BCUT2D eigenvalue weighted by Gasteiger charge is -2.07. The van der Waals surface area contributed by atoms with E-state index in [2.05, 4.69) is 28.2 Å². The van der Waals surface area contributed by atoms with E-state index in [1.807, 2.05) is 20.8 Å². The number of hydrogen-bond donors (Lipinski definition) is 1. The van der Waals surface area contributed by atoms with Crippen molar-refractivity contribution in [3.63, 3.8) is 0 Å². The summed E-state index contributed by atoms with van der Waals surface area (Å²) in [4.78, 5) is 13.0. The molecule has 0 fully saturated rings. The van der Waals surface area contributed by atoms with Crippen LogP contribution in [0.4, 0.5) is 0 Å². The van der Waals surface area contributed by atoms with Gasteiger partial charge in [0, 0.05) is 5.56 Å². The number of nitrogens with zero attached hydrogens (tertiary/aromatic N) is 2. The van der Waals surface area contributed by atoms with Crippen LogP contribution in [0.5, 0.6) is 0 Å². The average molecular weight is 321 g/mol. The second-order valence-electron chi connectivity index (χ2n) is 6.72. The van der Waals surface area contributed by atoms with E-state index in [1.54, 1.807) is 0 Å². The molecule has 4 rings (SSSR count). The van der Waals surface area contributed by atoms with Gasteiger partial charge in [0.15, 0.2) is 0 Å². The minimum atomic E-state index is 0.827. The van der Waals surface area contributed by atoms with E-state index in [0.29, 0.717) is 0 Å². The summed E-state index contributed by atoms with van der Waals surface area (Å²) in [5.41, 5.74) is 6.61. The average Bonchev–Trinajstić information content (AvgIpc) is 2.98. The Morgan fingerprint density at radius 1 is 1.04 bits per heavy atom. The first kappa shape index (κ1) is 15.2. The molecule has 0 unspecified atom stereocenters. The molecule has 0 radical (unpaired) electrons. The number of hydrogen-bond acceptors (Lipinski definition) is 3. The van der Waals surface area contributed by atoms with Gasteiger partial charge in [-0.1, -0.05) is 12.5 Å². The highest BCUT2D eigenvalue weighted by molar-refractivity contribution is 5.91. The van der Waals surface area contributed by atoms with Crippen LogP contribution < -0.4 is 0 Å². The predicted molar refractivity (Wildman–Crippen MR) is 96.9 cm³/mol. The highest BCUT2D eigenvalue weighted by Gasteiger charge is 2.17. The van der Waals surface area contributed by atoms with Crippen molar-refractivity contribution in [1.29, 1.82) is 0 Å². The van der Waals surface area contributed by atoms with E-state index in [0.717, 1.165) is 58.2 Å². The summed E-state index contributed by atoms with van der Waals surface area (Å²) in [6.07, 6.45) is 8.43. The van der Waals surface area contributed by atoms with E-state index in [4.69, 9.17) is 9.40 Å². The van der Waals surface area contributed by atoms with E-state index in [9.17, 15) is 0 Å². The molecule has 24 heavy (non-hydrogen) atoms. The molecule has 0 atom stereocenters. The van der Waals surface area contributed by atoms with Crippen LogP contribution >= 0.6 is 0 Å². The quantitative estimate of drug-likeness (QED) is 0.679. The van der Waals surface area contributed by atoms with Crippen LogP contribution in [0.2, 0.25) is 0 Å². The van der Waals surface area contributed by atoms with Crippen LogP contribution in [0.25, 0.3) is 27.9 Å². The Balaban J connectivity index is 1.88. The predicted octanol–water partition coefficient (Wildman–Crippen LogP) is 5.49. The molecule has 0 aliphatic heterocycles. The van der Waals surface area contributed by atoms with Crippen LogP contribution in [0.1, 0.15) is 55.1 Å². The SMILES string of the molecule is Cc1nc(C2=CCCCCC2)c2[nH]c(-c3cc(C)oc3C)cc2n1. The summed E-state index contributed by atoms with van der Waals surface area (Å²) in [6, 6.07) is 4.19. The minimum absolute atomic E-state index is 0.827. The fourth-order valence-electron chi connectivity index (χ4n) is 3.64. The number of aromatic amines is 1. The molecule has 1 N–H and O–H groups in total. The Hall–Kier alpha value is -2.36. The lowest BCUT2D eigenvalue weighted by atomic mass is 10.1. The monoisotopic (exact) mass is 321 g/mol. The molecular formula is C20H23N3O. The lowest BCUT2D eigenvalue weighted by molar-refractivity contribution is 0.505. The van der Waals surface area contributed by atoms with E-state index < -0.39 is 0 Å². The number of allylic oxidation sites excluding steroid dienone is 2. The lowest BCUT2D eigenvalue weighted by Crippen LogP contribution is -1.97. The van der Waals surface area contributed by atoms with Gasteiger partial charge < -0.3 is 9.40 Å². The number of rotatable bonds is 2. The van der Waals surface area contributed by atoms with Crippen molar-refractivity contribution < 1.29 is 4.42 Å². The van der Waals surface area contributed by atoms with Crippen LogP contribution in [-0.4, -0.2) is 15.0 Å². The highest BCUT2D eigenvalue weighted by Crippen LogP contribution is 2.33. The molecule has 4 heteroatoms. The van der Waals surface area contributed by atoms with Crippen molar-refractivity contribution in [3.8, 4) is 11.3 Å². The van der Waals surface area contributed by atoms with Crippen molar-refractivity contribution in [3.05, 3.63) is 41.2 Å². The molecule has 0 spiro atoms. The molecule has 3 heterocycles. The van der Waals surface area contributed by atoms with Gasteiger partial charge in [0.25, 0.3) is 0 Å². The Labute approximate surface area is 142 Å². The number of furan rings is 1. The third-order valence-electron chi connectivity index (χ3n) is 4.77. The fourth-order valence-corrected chi connectivity index (χ4v) is 3.64. The first-order valence-electron chi connectivity index (χ1n) is 8.76. The van der Waals surface area contributed by atoms with Crippen LogP contribution in [0, 0.1) is 20.8 Å². The number of fused-ring (bicyclic) bond motifs is 1. The third kappa shape index (κ3) is 2.66. The Morgan fingerprint density at radius 3 is 2.71 bits per heavy atom. The van der Waals surface area contributed by atoms with Gasteiger partial charge >= 0.3 is 0 Å². The number of nitrogens with one attached hydrogen (secondary N) is 1. The number of aryl methyl sites for hydroxylation is 3. The third-order valence-corrected chi connectivity index (χ3v) is 4.77. The molecule has 124 valence electrons. The Bertz CT molecular complexity index is 930. The van der Waals surface area contributed by atoms with Gasteiger partial charge in [-0.25, -0.2) is 9.97 Å². The zero-order valence-electron chi connectivity index (χ0n) is 14.6. The molecule has 0 saturated heterocycles. The van der Waals surface area contributed by atoms with Gasteiger partial charge in [-0.3, -0.25) is 0 Å². The fraction of sp³-hybridized carbons (Fsp3) is 0.400. The largest absolute Gasteiger partial charge is 0.466 e. The maximum absolute atomic E-state index is 5.68. The first-order valence-corrected chi connectivity index (χ1v) is 8.76. The smallest absolute Gasteiger partial charge is 0.126 e. The second kappa shape index (κ2) is 5.93. The topological polar surface area (TPSA) is 54.7 Å². The summed E-state index contributed by atoms with van der Waals surface area (Å²) < 4.78 is 5.68. The van der Waals surface area contributed by atoms with Gasteiger partial charge in [0.05, 0.1) is 22.4 Å². The summed E-state index contributed by atoms with van der Waals surface area (Å²) in [5.74, 6) is 2.68. The Morgan fingerprint density at radius 2 is 1.92 bits per heavy atom. The minimum Gasteiger partial charge on any atom is -0.466 e. The van der Waals surface area contributed by atoms with Crippen molar-refractivity contribution in [2.24, 2.45) is 0 Å². The highest BCUT2D eigenvalue weighted by atomic mass is 16.3. The molecule has 4 nitrogen and oxygen atoms in total. The summed E-state index contributed by atoms with van der Waals surface area (Å²) >= 11 is 0. The number of H-pyrrole nitrogens is 1. The van der Waals surface area contributed by atoms with Crippen molar-refractivity contribution in [1.82, 2.24) is 15.0 Å². The van der Waals surface area contributed by atoms with Gasteiger partial charge in [-0.2, -0.15) is 0 Å². The molecular weight excluding hydrogens is 298 g/mol. The molecule has 3 aromatic heterocycles. The normalized spacial score (nSPS) is 15.5. The van der Waals surface area contributed by atoms with Crippen molar-refractivity contribution in [2.75, 3.05) is 0 Å². The zero-order chi connectivity index (χ0) is 16.7. The van der Waals surface area contributed by atoms with Gasteiger partial charge in [-0.15, -0.1) is 0 Å². The summed E-state index contributed by atoms with van der Waals surface area (Å²) in [5, 5.41) is 0. The van der Waals surface area contributed by atoms with Crippen molar-refractivity contribution >= 4 is 16.6 Å². The van der Waals surface area contributed by atoms with Crippen LogP contribution in [0.15, 0.2) is 22.6 Å². The maximum atomic E-state index is 5.68. The Kier molecular flexibility index (Phi) is 3.75. The molecule has 3 aromatic rings. The molecule has 0 amide bonds. The number of aromatic nitrogens is 3. The first-order chi connectivity index (χ1) is 11.6. The molecule has 0 saturated carbocycles. The summed E-state index contributed by atoms with van der Waals surface area (Å²) in [6.45, 7) is 5.95. The summed E-state index contributed by atoms with van der Waals surface area (Å²) in [7, 11) is 0. The zero-order valence-corrected chi connectivity index (χ0v) is 14.6. The maximum Gasteiger partial charge on any atom is 0.126 e. The van der Waals surface area contributed by atoms with Crippen LogP contribution in [0.3, 0.4) is 0 Å². The second-order valence-corrected chi connectivity index (χ2v) is 6.72. The molecule has 1 aliphatic rings. The standard InChI is InChI=1S/C20H23N3O/c1-12-10-16(13(2)24-12)17-11-18-20(23-17)19(22-14(3)21-18)15-8-6-4-5-7-9-15/h8,10-11,23H,4-7,9H2,1-3H3. The molecule has 0 aromatic carbocycles. The molecule has 0 bridgehead atoms. The van der Waals surface area contributed by atoms with E-state index in [1.165, 1.54) is 24.8 Å². The van der Waals surface area contributed by atoms with E-state index >= 15 is 0 Å². The van der Waals surface area contributed by atoms with Gasteiger partial charge in [-0.05, 0) is 64.2 Å². The van der Waals surface area contributed by atoms with Crippen molar-refractivity contribution in [2.45, 2.75) is 52.9 Å². The molecule has 1 aliphatic carbocycles. The van der Waals surface area contributed by atoms with Gasteiger partial charge in [0.2, 0.25) is 0 Å². The van der Waals surface area contributed by atoms with Crippen LogP contribution in [-0.2, 0) is 0 Å². The van der Waals surface area contributed by atoms with E-state index in [-0.39, 0.29) is 0 Å². The van der Waals surface area contributed by atoms with Gasteiger partial charge in [0.1, 0.15) is 17.3 Å².